The van der Waals surface area contributed by atoms with Crippen LogP contribution in [0.2, 0.25) is 0 Å². The maximum absolute atomic E-state index is 11.9. The van der Waals surface area contributed by atoms with Crippen LogP contribution in [0.4, 0.5) is 5.69 Å². The molecule has 2 rings (SSSR count). The summed E-state index contributed by atoms with van der Waals surface area (Å²) in [7, 11) is 0. The highest BCUT2D eigenvalue weighted by atomic mass is 16.1. The topological polar surface area (TPSA) is 44.4 Å². The number of aryl methyl sites for hydroxylation is 1. The van der Waals surface area contributed by atoms with E-state index in [1.165, 1.54) is 32.4 Å². The molecule has 1 aromatic carbocycles. The Morgan fingerprint density at radius 1 is 1.29 bits per heavy atom. The van der Waals surface area contributed by atoms with Crippen LogP contribution in [0.1, 0.15) is 31.7 Å². The summed E-state index contributed by atoms with van der Waals surface area (Å²) in [4.78, 5) is 14.4. The average molecular weight is 289 g/mol. The normalized spacial score (nSPS) is 17.4. The van der Waals surface area contributed by atoms with Crippen LogP contribution < -0.4 is 10.6 Å². The summed E-state index contributed by atoms with van der Waals surface area (Å²) in [6, 6.07) is 8.22. The molecule has 4 nitrogen and oxygen atoms in total. The van der Waals surface area contributed by atoms with Gasteiger partial charge in [0.25, 0.3) is 0 Å². The molecule has 21 heavy (non-hydrogen) atoms. The average Bonchev–Trinajstić information content (AvgIpc) is 2.46. The van der Waals surface area contributed by atoms with Gasteiger partial charge in [0.05, 0.1) is 6.54 Å². The van der Waals surface area contributed by atoms with Crippen LogP contribution in [0.25, 0.3) is 0 Å². The fourth-order valence-electron chi connectivity index (χ4n) is 2.79. The molecule has 1 saturated heterocycles. The van der Waals surface area contributed by atoms with E-state index in [-0.39, 0.29) is 5.91 Å². The van der Waals surface area contributed by atoms with Gasteiger partial charge in [0.1, 0.15) is 0 Å². The molecule has 116 valence electrons. The number of likely N-dealkylation sites (tertiary alicyclic amines) is 1. The van der Waals surface area contributed by atoms with Crippen LogP contribution in [0.15, 0.2) is 24.3 Å². The molecule has 0 spiro atoms. The number of hydrogen-bond acceptors (Lipinski definition) is 3. The van der Waals surface area contributed by atoms with Gasteiger partial charge in [-0.2, -0.15) is 0 Å². The van der Waals surface area contributed by atoms with E-state index in [2.05, 4.69) is 22.5 Å². The highest BCUT2D eigenvalue weighted by Gasteiger charge is 2.13. The zero-order valence-corrected chi connectivity index (χ0v) is 13.2. The van der Waals surface area contributed by atoms with E-state index in [1.54, 1.807) is 0 Å². The van der Waals surface area contributed by atoms with Gasteiger partial charge >= 0.3 is 0 Å². The number of anilines is 1. The van der Waals surface area contributed by atoms with Gasteiger partial charge in [-0.25, -0.2) is 0 Å². The Hall–Kier alpha value is -1.39. The summed E-state index contributed by atoms with van der Waals surface area (Å²) >= 11 is 0. The van der Waals surface area contributed by atoms with E-state index < -0.39 is 0 Å². The number of nitrogens with one attached hydrogen (secondary N) is 2. The second-order valence-electron chi connectivity index (χ2n) is 6.06. The van der Waals surface area contributed by atoms with E-state index in [4.69, 9.17) is 0 Å². The molecule has 0 radical (unpaired) electrons. The Labute approximate surface area is 127 Å². The highest BCUT2D eigenvalue weighted by molar-refractivity contribution is 5.92. The van der Waals surface area contributed by atoms with Crippen molar-refractivity contribution in [3.8, 4) is 0 Å². The third-order valence-corrected chi connectivity index (χ3v) is 3.89. The van der Waals surface area contributed by atoms with Gasteiger partial charge in [0.15, 0.2) is 0 Å². The van der Waals surface area contributed by atoms with Crippen LogP contribution in [0, 0.1) is 6.92 Å². The summed E-state index contributed by atoms with van der Waals surface area (Å²) in [5.74, 6) is 0.0195. The molecule has 1 unspecified atom stereocenters. The molecule has 1 aliphatic heterocycles. The summed E-state index contributed by atoms with van der Waals surface area (Å²) in [6.07, 6.45) is 3.97. The van der Waals surface area contributed by atoms with Gasteiger partial charge in [-0.15, -0.1) is 0 Å². The van der Waals surface area contributed by atoms with Gasteiger partial charge in [-0.3, -0.25) is 4.79 Å². The van der Waals surface area contributed by atoms with Crippen LogP contribution in [-0.4, -0.2) is 43.0 Å². The molecular formula is C17H27N3O. The molecule has 1 atom stereocenters. The predicted molar refractivity (Wildman–Crippen MR) is 87.6 cm³/mol. The predicted octanol–water partition coefficient (Wildman–Crippen LogP) is 2.40. The van der Waals surface area contributed by atoms with Crippen molar-refractivity contribution in [3.63, 3.8) is 0 Å². The zero-order chi connectivity index (χ0) is 15.1. The van der Waals surface area contributed by atoms with Crippen LogP contribution >= 0.6 is 0 Å². The van der Waals surface area contributed by atoms with Crippen molar-refractivity contribution in [3.05, 3.63) is 29.8 Å². The van der Waals surface area contributed by atoms with Crippen LogP contribution in [0.5, 0.6) is 0 Å². The molecule has 1 amide bonds. The first-order valence-corrected chi connectivity index (χ1v) is 7.96. The van der Waals surface area contributed by atoms with Crippen molar-refractivity contribution in [1.29, 1.82) is 0 Å². The number of rotatable bonds is 6. The standard InChI is InChI=1S/C17H27N3O/c1-14-7-6-8-16(11-14)19-17(21)12-18-15(2)13-20-9-4-3-5-10-20/h6-8,11,15,18H,3-5,9-10,12-13H2,1-2H3,(H,19,21). The molecule has 0 aliphatic carbocycles. The molecule has 4 heteroatoms. The van der Waals surface area contributed by atoms with Gasteiger partial charge in [0, 0.05) is 18.3 Å². The highest BCUT2D eigenvalue weighted by Crippen LogP contribution is 2.10. The fraction of sp³-hybridized carbons (Fsp3) is 0.588. The Balaban J connectivity index is 1.68. The third-order valence-electron chi connectivity index (χ3n) is 3.89. The van der Waals surface area contributed by atoms with Crippen molar-refractivity contribution in [2.75, 3.05) is 31.5 Å². The minimum absolute atomic E-state index is 0.0195. The first-order valence-electron chi connectivity index (χ1n) is 7.96. The summed E-state index contributed by atoms with van der Waals surface area (Å²) in [5, 5.41) is 6.24. The molecule has 2 N–H and O–H groups in total. The SMILES string of the molecule is Cc1cccc(NC(=O)CNC(C)CN2CCCCC2)c1. The monoisotopic (exact) mass is 289 g/mol. The minimum atomic E-state index is 0.0195. The first kappa shape index (κ1) is 16.0. The summed E-state index contributed by atoms with van der Waals surface area (Å²) in [5.41, 5.74) is 2.02. The number of piperidine rings is 1. The summed E-state index contributed by atoms with van der Waals surface area (Å²) in [6.45, 7) is 7.95. The van der Waals surface area contributed by atoms with Crippen molar-refractivity contribution >= 4 is 11.6 Å². The summed E-state index contributed by atoms with van der Waals surface area (Å²) < 4.78 is 0. The Bertz CT molecular complexity index is 455. The number of nitrogens with zero attached hydrogens (tertiary/aromatic N) is 1. The fourth-order valence-corrected chi connectivity index (χ4v) is 2.79. The minimum Gasteiger partial charge on any atom is -0.325 e. The molecule has 1 heterocycles. The van der Waals surface area contributed by atoms with Gasteiger partial charge in [0.2, 0.25) is 5.91 Å². The number of hydrogen-bond donors (Lipinski definition) is 2. The molecule has 1 fully saturated rings. The van der Waals surface area contributed by atoms with Crippen LogP contribution in [0.3, 0.4) is 0 Å². The van der Waals surface area contributed by atoms with E-state index >= 15 is 0 Å². The quantitative estimate of drug-likeness (QED) is 0.845. The maximum atomic E-state index is 11.9. The van der Waals surface area contributed by atoms with E-state index in [0.29, 0.717) is 12.6 Å². The number of amides is 1. The van der Waals surface area contributed by atoms with Crippen molar-refractivity contribution in [1.82, 2.24) is 10.2 Å². The second-order valence-corrected chi connectivity index (χ2v) is 6.06. The van der Waals surface area contributed by atoms with E-state index in [0.717, 1.165) is 17.8 Å². The van der Waals surface area contributed by atoms with E-state index in [9.17, 15) is 4.79 Å². The van der Waals surface area contributed by atoms with Crippen molar-refractivity contribution < 1.29 is 4.79 Å². The zero-order valence-electron chi connectivity index (χ0n) is 13.2. The number of carbonyl (C=O) groups excluding carboxylic acids is 1. The van der Waals surface area contributed by atoms with Gasteiger partial charge in [-0.05, 0) is 57.5 Å². The molecular weight excluding hydrogens is 262 g/mol. The Morgan fingerprint density at radius 2 is 2.05 bits per heavy atom. The smallest absolute Gasteiger partial charge is 0.238 e. The lowest BCUT2D eigenvalue weighted by Crippen LogP contribution is -2.43. The Morgan fingerprint density at radius 3 is 2.76 bits per heavy atom. The lowest BCUT2D eigenvalue weighted by molar-refractivity contribution is -0.115. The van der Waals surface area contributed by atoms with Gasteiger partial charge < -0.3 is 15.5 Å². The van der Waals surface area contributed by atoms with Gasteiger partial charge in [-0.1, -0.05) is 18.6 Å². The molecule has 1 aliphatic rings. The molecule has 1 aromatic rings. The maximum Gasteiger partial charge on any atom is 0.238 e. The number of benzene rings is 1. The van der Waals surface area contributed by atoms with Crippen molar-refractivity contribution in [2.24, 2.45) is 0 Å². The molecule has 0 saturated carbocycles. The lowest BCUT2D eigenvalue weighted by Gasteiger charge is -2.29. The second kappa shape index (κ2) is 8.15. The largest absolute Gasteiger partial charge is 0.325 e. The molecule has 0 aromatic heterocycles. The molecule has 0 bridgehead atoms. The third kappa shape index (κ3) is 5.86. The van der Waals surface area contributed by atoms with Crippen LogP contribution in [-0.2, 0) is 4.79 Å². The lowest BCUT2D eigenvalue weighted by atomic mass is 10.1. The Kier molecular flexibility index (Phi) is 6.21. The number of carbonyl (C=O) groups is 1. The first-order chi connectivity index (χ1) is 10.1. The van der Waals surface area contributed by atoms with E-state index in [1.807, 2.05) is 31.2 Å². The van der Waals surface area contributed by atoms with Crippen molar-refractivity contribution in [2.45, 2.75) is 39.2 Å².